The first-order valence-electron chi connectivity index (χ1n) is 6.44. The van der Waals surface area contributed by atoms with Crippen LogP contribution < -0.4 is 0 Å². The van der Waals surface area contributed by atoms with Crippen molar-refractivity contribution in [3.05, 3.63) is 78.2 Å². The molecule has 18 heavy (non-hydrogen) atoms. The van der Waals surface area contributed by atoms with Gasteiger partial charge in [0.25, 0.3) is 0 Å². The Morgan fingerprint density at radius 2 is 1.56 bits per heavy atom. The fourth-order valence-electron chi connectivity index (χ4n) is 2.37. The van der Waals surface area contributed by atoms with Crippen LogP contribution in [0.2, 0.25) is 0 Å². The molecule has 1 radical (unpaired) electrons. The lowest BCUT2D eigenvalue weighted by Crippen LogP contribution is -2.00. The Kier molecular flexibility index (Phi) is 3.22. The van der Waals surface area contributed by atoms with E-state index in [9.17, 15) is 0 Å². The zero-order valence-corrected chi connectivity index (χ0v) is 10.3. The smallest absolute Gasteiger partial charge is 0.0582 e. The largest absolute Gasteiger partial charge is 0.285 e. The SMILES string of the molecule is [CH](c1ccccc1)C1CCC(c2ccccc2)=N1. The van der Waals surface area contributed by atoms with Gasteiger partial charge in [0, 0.05) is 12.1 Å². The summed E-state index contributed by atoms with van der Waals surface area (Å²) in [4.78, 5) is 4.81. The molecule has 0 fully saturated rings. The summed E-state index contributed by atoms with van der Waals surface area (Å²) in [7, 11) is 0. The van der Waals surface area contributed by atoms with Crippen molar-refractivity contribution in [2.45, 2.75) is 18.9 Å². The number of nitrogens with zero attached hydrogens (tertiary/aromatic N) is 1. The molecule has 0 spiro atoms. The Balaban J connectivity index is 1.73. The maximum absolute atomic E-state index is 4.81. The van der Waals surface area contributed by atoms with E-state index in [-0.39, 0.29) is 0 Å². The second-order valence-corrected chi connectivity index (χ2v) is 4.63. The van der Waals surface area contributed by atoms with E-state index in [0.717, 1.165) is 12.8 Å². The normalized spacial score (nSPS) is 18.7. The third-order valence-electron chi connectivity index (χ3n) is 3.29. The molecular weight excluding hydrogens is 218 g/mol. The number of hydrogen-bond acceptors (Lipinski definition) is 1. The van der Waals surface area contributed by atoms with Gasteiger partial charge in [0.2, 0.25) is 0 Å². The minimum absolute atomic E-state index is 0.336. The molecular formula is C17H16N. The quantitative estimate of drug-likeness (QED) is 0.764. The number of rotatable bonds is 3. The predicted molar refractivity (Wildman–Crippen MR) is 75.8 cm³/mol. The van der Waals surface area contributed by atoms with Crippen LogP contribution in [0.3, 0.4) is 0 Å². The van der Waals surface area contributed by atoms with Crippen molar-refractivity contribution >= 4 is 5.71 Å². The van der Waals surface area contributed by atoms with Gasteiger partial charge in [0.05, 0.1) is 6.04 Å². The van der Waals surface area contributed by atoms with Crippen LogP contribution in [0.1, 0.15) is 24.0 Å². The van der Waals surface area contributed by atoms with Gasteiger partial charge in [0.15, 0.2) is 0 Å². The molecule has 0 N–H and O–H groups in total. The van der Waals surface area contributed by atoms with Crippen LogP contribution in [0.15, 0.2) is 65.7 Å². The number of aliphatic imine (C=N–C) groups is 1. The summed E-state index contributed by atoms with van der Waals surface area (Å²) in [6.07, 6.45) is 4.47. The van der Waals surface area contributed by atoms with Crippen LogP contribution in [0.25, 0.3) is 0 Å². The maximum atomic E-state index is 4.81. The van der Waals surface area contributed by atoms with Crippen molar-refractivity contribution in [1.29, 1.82) is 0 Å². The predicted octanol–water partition coefficient (Wildman–Crippen LogP) is 3.89. The van der Waals surface area contributed by atoms with Crippen LogP contribution in [0, 0.1) is 6.42 Å². The zero-order chi connectivity index (χ0) is 12.2. The van der Waals surface area contributed by atoms with Gasteiger partial charge in [-0.1, -0.05) is 60.7 Å². The summed E-state index contributed by atoms with van der Waals surface area (Å²) in [6, 6.07) is 21.3. The van der Waals surface area contributed by atoms with E-state index in [0.29, 0.717) is 6.04 Å². The molecule has 1 aliphatic heterocycles. The maximum Gasteiger partial charge on any atom is 0.0582 e. The average Bonchev–Trinajstić information content (AvgIpc) is 2.89. The number of hydrogen-bond donors (Lipinski definition) is 0. The Morgan fingerprint density at radius 3 is 2.28 bits per heavy atom. The molecule has 89 valence electrons. The molecule has 0 aliphatic carbocycles. The van der Waals surface area contributed by atoms with Crippen molar-refractivity contribution in [2.75, 3.05) is 0 Å². The van der Waals surface area contributed by atoms with Gasteiger partial charge in [-0.2, -0.15) is 0 Å². The lowest BCUT2D eigenvalue weighted by Gasteiger charge is -2.05. The van der Waals surface area contributed by atoms with Gasteiger partial charge >= 0.3 is 0 Å². The molecule has 0 amide bonds. The Morgan fingerprint density at radius 1 is 0.889 bits per heavy atom. The van der Waals surface area contributed by atoms with Gasteiger partial charge in [0.1, 0.15) is 0 Å². The molecule has 1 atom stereocenters. The Bertz CT molecular complexity index is 528. The van der Waals surface area contributed by atoms with Gasteiger partial charge < -0.3 is 0 Å². The molecule has 0 saturated carbocycles. The highest BCUT2D eigenvalue weighted by Crippen LogP contribution is 2.22. The highest BCUT2D eigenvalue weighted by molar-refractivity contribution is 6.01. The summed E-state index contributed by atoms with van der Waals surface area (Å²) in [6.45, 7) is 0. The third kappa shape index (κ3) is 2.51. The minimum Gasteiger partial charge on any atom is -0.285 e. The van der Waals surface area contributed by atoms with E-state index in [1.807, 2.05) is 12.1 Å². The van der Waals surface area contributed by atoms with Crippen molar-refractivity contribution < 1.29 is 0 Å². The van der Waals surface area contributed by atoms with E-state index in [2.05, 4.69) is 55.0 Å². The van der Waals surface area contributed by atoms with Crippen LogP contribution in [0.5, 0.6) is 0 Å². The molecule has 2 aromatic rings. The lowest BCUT2D eigenvalue weighted by atomic mass is 10.0. The molecule has 1 aliphatic rings. The molecule has 0 aromatic heterocycles. The summed E-state index contributed by atoms with van der Waals surface area (Å²) in [5.74, 6) is 0. The fourth-order valence-corrected chi connectivity index (χ4v) is 2.37. The summed E-state index contributed by atoms with van der Waals surface area (Å²) in [5, 5.41) is 0. The zero-order valence-electron chi connectivity index (χ0n) is 10.3. The molecule has 1 unspecified atom stereocenters. The summed E-state index contributed by atoms with van der Waals surface area (Å²) >= 11 is 0. The summed E-state index contributed by atoms with van der Waals surface area (Å²) in [5.41, 5.74) is 3.77. The first-order valence-corrected chi connectivity index (χ1v) is 6.44. The standard InChI is InChI=1S/C17H16N/c1-3-7-14(8-4-1)13-16-11-12-17(18-16)15-9-5-2-6-10-15/h1-10,13,16H,11-12H2. The molecule has 0 bridgehead atoms. The Labute approximate surface area is 108 Å². The van der Waals surface area contributed by atoms with E-state index >= 15 is 0 Å². The molecule has 1 nitrogen and oxygen atoms in total. The van der Waals surface area contributed by atoms with Crippen molar-refractivity contribution in [2.24, 2.45) is 4.99 Å². The highest BCUT2D eigenvalue weighted by Gasteiger charge is 2.18. The van der Waals surface area contributed by atoms with Crippen molar-refractivity contribution in [1.82, 2.24) is 0 Å². The van der Waals surface area contributed by atoms with Crippen molar-refractivity contribution in [3.8, 4) is 0 Å². The molecule has 1 heteroatoms. The minimum atomic E-state index is 0.336. The first kappa shape index (κ1) is 11.2. The van der Waals surface area contributed by atoms with Crippen LogP contribution in [-0.4, -0.2) is 11.8 Å². The second kappa shape index (κ2) is 5.18. The van der Waals surface area contributed by atoms with E-state index in [1.54, 1.807) is 0 Å². The molecule has 0 saturated heterocycles. The average molecular weight is 234 g/mol. The molecule has 1 heterocycles. The van der Waals surface area contributed by atoms with E-state index < -0.39 is 0 Å². The highest BCUT2D eigenvalue weighted by atomic mass is 14.8. The Hall–Kier alpha value is -1.89. The van der Waals surface area contributed by atoms with Gasteiger partial charge in [-0.25, -0.2) is 0 Å². The van der Waals surface area contributed by atoms with Crippen LogP contribution in [-0.2, 0) is 0 Å². The second-order valence-electron chi connectivity index (χ2n) is 4.63. The van der Waals surface area contributed by atoms with Crippen LogP contribution >= 0.6 is 0 Å². The van der Waals surface area contributed by atoms with E-state index in [1.165, 1.54) is 16.8 Å². The van der Waals surface area contributed by atoms with Gasteiger partial charge in [-0.3, -0.25) is 4.99 Å². The third-order valence-corrected chi connectivity index (χ3v) is 3.29. The van der Waals surface area contributed by atoms with Gasteiger partial charge in [-0.15, -0.1) is 0 Å². The van der Waals surface area contributed by atoms with E-state index in [4.69, 9.17) is 4.99 Å². The van der Waals surface area contributed by atoms with Crippen molar-refractivity contribution in [3.63, 3.8) is 0 Å². The monoisotopic (exact) mass is 234 g/mol. The van der Waals surface area contributed by atoms with Gasteiger partial charge in [-0.05, 0) is 24.0 Å². The molecule has 3 rings (SSSR count). The number of benzene rings is 2. The first-order chi connectivity index (χ1) is 8.92. The van der Waals surface area contributed by atoms with Crippen LogP contribution in [0.4, 0.5) is 0 Å². The topological polar surface area (TPSA) is 12.4 Å². The summed E-state index contributed by atoms with van der Waals surface area (Å²) < 4.78 is 0. The fraction of sp³-hybridized carbons (Fsp3) is 0.176. The molecule has 2 aromatic carbocycles. The lowest BCUT2D eigenvalue weighted by molar-refractivity contribution is 0.768.